The van der Waals surface area contributed by atoms with E-state index in [1.54, 1.807) is 0 Å². The molecule has 0 aromatic heterocycles. The van der Waals surface area contributed by atoms with E-state index in [0.29, 0.717) is 17.0 Å². The largest absolute Gasteiger partial charge is 0.573 e. The summed E-state index contributed by atoms with van der Waals surface area (Å²) >= 11 is 0. The van der Waals surface area contributed by atoms with Crippen LogP contribution in [0.25, 0.3) is 0 Å². The molecule has 1 aromatic carbocycles. The third kappa shape index (κ3) is 3.55. The molecule has 2 heterocycles. The highest BCUT2D eigenvalue weighted by molar-refractivity contribution is 6.06. The second-order valence-electron chi connectivity index (χ2n) is 5.91. The zero-order chi connectivity index (χ0) is 20.1. The number of hydrogen-bond acceptors (Lipinski definition) is 4. The zero-order valence-electron chi connectivity index (χ0n) is 13.2. The zero-order valence-corrected chi connectivity index (χ0v) is 13.2. The Labute approximate surface area is 147 Å². The summed E-state index contributed by atoms with van der Waals surface area (Å²) in [7, 11) is 0. The van der Waals surface area contributed by atoms with Crippen molar-refractivity contribution in [3.05, 3.63) is 28.8 Å². The molecule has 1 aromatic rings. The van der Waals surface area contributed by atoms with Gasteiger partial charge in [0.25, 0.3) is 5.91 Å². The number of alkyl halides is 6. The van der Waals surface area contributed by atoms with Gasteiger partial charge in [-0.25, -0.2) is 0 Å². The lowest BCUT2D eigenvalue weighted by atomic mass is 10.0. The van der Waals surface area contributed by atoms with Crippen LogP contribution in [0.2, 0.25) is 0 Å². The van der Waals surface area contributed by atoms with Crippen molar-refractivity contribution in [3.63, 3.8) is 0 Å². The molecule has 3 amide bonds. The van der Waals surface area contributed by atoms with Gasteiger partial charge in [-0.05, 0) is 18.6 Å². The summed E-state index contributed by atoms with van der Waals surface area (Å²) in [5.74, 6) is -3.72. The average molecular weight is 396 g/mol. The van der Waals surface area contributed by atoms with E-state index in [-0.39, 0.29) is 12.8 Å². The number of rotatable bonds is 2. The van der Waals surface area contributed by atoms with Crippen LogP contribution >= 0.6 is 0 Å². The van der Waals surface area contributed by atoms with Crippen molar-refractivity contribution in [1.29, 1.82) is 0 Å². The topological polar surface area (TPSA) is 75.7 Å². The number of piperidine rings is 1. The minimum absolute atomic E-state index is 0.152. The Kier molecular flexibility index (Phi) is 4.31. The standard InChI is InChI=1S/C15H10F6N2O4/c16-14(17,18)7-1-3-9(27-15(19,20)21)6-5-23(13(26)11(6)7)8-2-4-10(24)22-12(8)25/h1,3,8H,2,4-5H2,(H,22,24,25). The summed E-state index contributed by atoms with van der Waals surface area (Å²) in [6.07, 6.45) is -10.5. The van der Waals surface area contributed by atoms with E-state index >= 15 is 0 Å². The van der Waals surface area contributed by atoms with Gasteiger partial charge in [-0.1, -0.05) is 0 Å². The Hall–Kier alpha value is -2.79. The first-order valence-corrected chi connectivity index (χ1v) is 7.52. The third-order valence-corrected chi connectivity index (χ3v) is 4.19. The Morgan fingerprint density at radius 2 is 1.74 bits per heavy atom. The number of fused-ring (bicyclic) bond motifs is 1. The second kappa shape index (κ2) is 6.13. The van der Waals surface area contributed by atoms with Gasteiger partial charge in [0.05, 0.1) is 17.7 Å². The molecular formula is C15H10F6N2O4. The van der Waals surface area contributed by atoms with Gasteiger partial charge < -0.3 is 9.64 Å². The Morgan fingerprint density at radius 3 is 2.30 bits per heavy atom. The van der Waals surface area contributed by atoms with Crippen molar-refractivity contribution in [2.45, 2.75) is 38.0 Å². The van der Waals surface area contributed by atoms with E-state index in [1.807, 2.05) is 5.32 Å². The number of benzene rings is 1. The molecular weight excluding hydrogens is 386 g/mol. The normalized spacial score (nSPS) is 20.6. The van der Waals surface area contributed by atoms with Crippen molar-refractivity contribution < 1.29 is 45.5 Å². The van der Waals surface area contributed by atoms with Crippen LogP contribution in [0.4, 0.5) is 26.3 Å². The quantitative estimate of drug-likeness (QED) is 0.615. The smallest absolute Gasteiger partial charge is 0.405 e. The molecule has 2 aliphatic heterocycles. The molecule has 12 heteroatoms. The van der Waals surface area contributed by atoms with Crippen LogP contribution in [-0.4, -0.2) is 35.0 Å². The third-order valence-electron chi connectivity index (χ3n) is 4.19. The molecule has 0 saturated carbocycles. The predicted octanol–water partition coefficient (Wildman–Crippen LogP) is 2.36. The fourth-order valence-corrected chi connectivity index (χ4v) is 3.10. The van der Waals surface area contributed by atoms with Crippen molar-refractivity contribution in [2.24, 2.45) is 0 Å². The van der Waals surface area contributed by atoms with Crippen LogP contribution in [0.5, 0.6) is 5.75 Å². The lowest BCUT2D eigenvalue weighted by Gasteiger charge is -2.29. The summed E-state index contributed by atoms with van der Waals surface area (Å²) in [6.45, 7) is -0.685. The molecule has 1 saturated heterocycles. The number of carbonyl (C=O) groups excluding carboxylic acids is 3. The lowest BCUT2D eigenvalue weighted by Crippen LogP contribution is -2.52. The summed E-state index contributed by atoms with van der Waals surface area (Å²) in [6, 6.07) is -0.468. The summed E-state index contributed by atoms with van der Waals surface area (Å²) in [5, 5.41) is 1.95. The van der Waals surface area contributed by atoms with Gasteiger partial charge in [0.2, 0.25) is 11.8 Å². The molecule has 27 heavy (non-hydrogen) atoms. The summed E-state index contributed by atoms with van der Waals surface area (Å²) in [4.78, 5) is 36.4. The van der Waals surface area contributed by atoms with E-state index in [2.05, 4.69) is 4.74 Å². The van der Waals surface area contributed by atoms with Crippen LogP contribution in [-0.2, 0) is 22.3 Å². The van der Waals surface area contributed by atoms with Crippen LogP contribution in [0.1, 0.15) is 34.3 Å². The van der Waals surface area contributed by atoms with Gasteiger partial charge in [0, 0.05) is 12.0 Å². The van der Waals surface area contributed by atoms with Crippen molar-refractivity contribution in [1.82, 2.24) is 10.2 Å². The molecule has 0 aliphatic carbocycles. The van der Waals surface area contributed by atoms with E-state index in [0.717, 1.165) is 0 Å². The Morgan fingerprint density at radius 1 is 1.07 bits per heavy atom. The monoisotopic (exact) mass is 396 g/mol. The SMILES string of the molecule is O=C1CCC(N2Cc3c(OC(F)(F)F)ccc(C(F)(F)F)c3C2=O)C(=O)N1. The molecule has 146 valence electrons. The van der Waals surface area contributed by atoms with Crippen molar-refractivity contribution in [3.8, 4) is 5.75 Å². The van der Waals surface area contributed by atoms with Gasteiger partial charge in [-0.15, -0.1) is 13.2 Å². The number of imide groups is 1. The average Bonchev–Trinajstić information content (AvgIpc) is 2.83. The number of nitrogens with zero attached hydrogens (tertiary/aromatic N) is 1. The fraction of sp³-hybridized carbons (Fsp3) is 0.400. The highest BCUT2D eigenvalue weighted by Crippen LogP contribution is 2.43. The molecule has 1 fully saturated rings. The molecule has 0 radical (unpaired) electrons. The molecule has 1 atom stereocenters. The van der Waals surface area contributed by atoms with Crippen LogP contribution < -0.4 is 10.1 Å². The van der Waals surface area contributed by atoms with E-state index in [4.69, 9.17) is 0 Å². The minimum Gasteiger partial charge on any atom is -0.405 e. The first-order valence-electron chi connectivity index (χ1n) is 7.52. The minimum atomic E-state index is -5.18. The summed E-state index contributed by atoms with van der Waals surface area (Å²) < 4.78 is 81.1. The van der Waals surface area contributed by atoms with Gasteiger partial charge in [-0.2, -0.15) is 13.2 Å². The van der Waals surface area contributed by atoms with Gasteiger partial charge in [0.15, 0.2) is 0 Å². The van der Waals surface area contributed by atoms with Gasteiger partial charge in [0.1, 0.15) is 11.8 Å². The second-order valence-corrected chi connectivity index (χ2v) is 5.91. The number of halogens is 6. The Balaban J connectivity index is 2.05. The fourth-order valence-electron chi connectivity index (χ4n) is 3.10. The molecule has 3 rings (SSSR count). The molecule has 0 spiro atoms. The lowest BCUT2D eigenvalue weighted by molar-refractivity contribution is -0.275. The highest BCUT2D eigenvalue weighted by Gasteiger charge is 2.47. The van der Waals surface area contributed by atoms with Crippen molar-refractivity contribution >= 4 is 17.7 Å². The number of carbonyl (C=O) groups is 3. The van der Waals surface area contributed by atoms with E-state index < -0.39 is 65.3 Å². The van der Waals surface area contributed by atoms with Gasteiger partial charge in [-0.3, -0.25) is 19.7 Å². The molecule has 1 N–H and O–H groups in total. The number of ether oxygens (including phenoxy) is 1. The summed E-state index contributed by atoms with van der Waals surface area (Å²) in [5.41, 5.74) is -3.03. The van der Waals surface area contributed by atoms with Crippen LogP contribution in [0, 0.1) is 0 Å². The first-order chi connectivity index (χ1) is 12.4. The number of hydrogen-bond donors (Lipinski definition) is 1. The number of nitrogens with one attached hydrogen (secondary N) is 1. The van der Waals surface area contributed by atoms with E-state index in [1.165, 1.54) is 0 Å². The molecule has 6 nitrogen and oxygen atoms in total. The Bertz CT molecular complexity index is 833. The first kappa shape index (κ1) is 19.0. The highest BCUT2D eigenvalue weighted by atomic mass is 19.4. The van der Waals surface area contributed by atoms with Crippen LogP contribution in [0.3, 0.4) is 0 Å². The van der Waals surface area contributed by atoms with Gasteiger partial charge >= 0.3 is 12.5 Å². The number of amides is 3. The predicted molar refractivity (Wildman–Crippen MR) is 74.2 cm³/mol. The maximum absolute atomic E-state index is 13.2. The molecule has 1 unspecified atom stereocenters. The van der Waals surface area contributed by atoms with Crippen LogP contribution in [0.15, 0.2) is 12.1 Å². The van der Waals surface area contributed by atoms with E-state index in [9.17, 15) is 40.7 Å². The molecule has 2 aliphatic rings. The maximum Gasteiger partial charge on any atom is 0.573 e. The molecule has 0 bridgehead atoms. The maximum atomic E-state index is 13.2. The van der Waals surface area contributed by atoms with Crippen molar-refractivity contribution in [2.75, 3.05) is 0 Å².